The Labute approximate surface area is 120 Å². The van der Waals surface area contributed by atoms with Crippen molar-refractivity contribution in [1.82, 2.24) is 0 Å². The SMILES string of the molecule is O=C(Cc1ccc(Cl)c(Cl)c1)C1CCC(F)(F)CC1. The smallest absolute Gasteiger partial charge is 0.248 e. The normalized spacial score (nSPS) is 19.4. The molecule has 0 aromatic heterocycles. The lowest BCUT2D eigenvalue weighted by Crippen LogP contribution is -2.29. The van der Waals surface area contributed by atoms with E-state index in [2.05, 4.69) is 0 Å². The molecule has 0 unspecified atom stereocenters. The van der Waals surface area contributed by atoms with Gasteiger partial charge in [0.2, 0.25) is 5.92 Å². The minimum atomic E-state index is -2.60. The van der Waals surface area contributed by atoms with E-state index in [1.165, 1.54) is 0 Å². The zero-order valence-corrected chi connectivity index (χ0v) is 11.8. The third kappa shape index (κ3) is 3.90. The van der Waals surface area contributed by atoms with Gasteiger partial charge in [0.05, 0.1) is 10.0 Å². The Balaban J connectivity index is 1.96. The molecule has 19 heavy (non-hydrogen) atoms. The molecule has 0 saturated heterocycles. The number of benzene rings is 1. The summed E-state index contributed by atoms with van der Waals surface area (Å²) in [5.74, 6) is -2.84. The molecule has 0 atom stereocenters. The second kappa shape index (κ2) is 5.76. The van der Waals surface area contributed by atoms with Crippen LogP contribution in [0.1, 0.15) is 31.2 Å². The number of carbonyl (C=O) groups is 1. The molecule has 0 N–H and O–H groups in total. The first kappa shape index (κ1) is 14.7. The van der Waals surface area contributed by atoms with E-state index in [0.29, 0.717) is 10.0 Å². The lowest BCUT2D eigenvalue weighted by molar-refractivity contribution is -0.126. The van der Waals surface area contributed by atoms with Crippen LogP contribution >= 0.6 is 23.2 Å². The second-order valence-corrected chi connectivity index (χ2v) is 5.84. The molecule has 5 heteroatoms. The quantitative estimate of drug-likeness (QED) is 0.774. The van der Waals surface area contributed by atoms with Crippen LogP contribution < -0.4 is 0 Å². The van der Waals surface area contributed by atoms with Gasteiger partial charge in [-0.2, -0.15) is 0 Å². The van der Waals surface area contributed by atoms with Gasteiger partial charge >= 0.3 is 0 Å². The van der Waals surface area contributed by atoms with Crippen molar-refractivity contribution in [1.29, 1.82) is 0 Å². The average Bonchev–Trinajstić information content (AvgIpc) is 2.33. The first-order chi connectivity index (χ1) is 8.87. The summed E-state index contributed by atoms with van der Waals surface area (Å²) in [6.07, 6.45) is 0.392. The number of Topliss-reactive ketones (excluding diaryl/α,β-unsaturated/α-hetero) is 1. The van der Waals surface area contributed by atoms with Crippen LogP contribution in [0, 0.1) is 5.92 Å². The van der Waals surface area contributed by atoms with Crippen molar-refractivity contribution in [2.24, 2.45) is 5.92 Å². The number of rotatable bonds is 3. The highest BCUT2D eigenvalue weighted by Crippen LogP contribution is 2.37. The largest absolute Gasteiger partial charge is 0.299 e. The molecule has 1 nitrogen and oxygen atoms in total. The molecule has 2 rings (SSSR count). The standard InChI is InChI=1S/C14H14Cl2F2O/c15-11-2-1-9(7-12(11)16)8-13(19)10-3-5-14(17,18)6-4-10/h1-2,7,10H,3-6,8H2. The van der Waals surface area contributed by atoms with Gasteiger partial charge in [-0.3, -0.25) is 4.79 Å². The highest BCUT2D eigenvalue weighted by molar-refractivity contribution is 6.42. The Morgan fingerprint density at radius 2 is 1.84 bits per heavy atom. The summed E-state index contributed by atoms with van der Waals surface area (Å²) in [5, 5.41) is 0.845. The maximum absolute atomic E-state index is 13.0. The van der Waals surface area contributed by atoms with Gasteiger partial charge in [0.1, 0.15) is 5.78 Å². The number of hydrogen-bond acceptors (Lipinski definition) is 1. The van der Waals surface area contributed by atoms with Crippen molar-refractivity contribution in [2.75, 3.05) is 0 Å². The molecule has 0 spiro atoms. The summed E-state index contributed by atoms with van der Waals surface area (Å²) in [4.78, 5) is 12.1. The van der Waals surface area contributed by atoms with Gasteiger partial charge in [-0.1, -0.05) is 29.3 Å². The highest BCUT2D eigenvalue weighted by Gasteiger charge is 2.37. The lowest BCUT2D eigenvalue weighted by atomic mass is 9.82. The predicted molar refractivity (Wildman–Crippen MR) is 72.1 cm³/mol. The Hall–Kier alpha value is -0.670. The number of carbonyl (C=O) groups excluding carboxylic acids is 1. The van der Waals surface area contributed by atoms with E-state index in [0.717, 1.165) is 5.56 Å². The van der Waals surface area contributed by atoms with Crippen LogP contribution in [0.15, 0.2) is 18.2 Å². The van der Waals surface area contributed by atoms with Gasteiger partial charge in [-0.15, -0.1) is 0 Å². The zero-order valence-electron chi connectivity index (χ0n) is 10.3. The topological polar surface area (TPSA) is 17.1 Å². The van der Waals surface area contributed by atoms with Crippen molar-refractivity contribution < 1.29 is 13.6 Å². The summed E-state index contributed by atoms with van der Waals surface area (Å²) in [7, 11) is 0. The Kier molecular flexibility index (Phi) is 4.46. The van der Waals surface area contributed by atoms with Gasteiger partial charge in [0.25, 0.3) is 0 Å². The van der Waals surface area contributed by atoms with Gasteiger partial charge in [0.15, 0.2) is 0 Å². The second-order valence-electron chi connectivity index (χ2n) is 5.02. The van der Waals surface area contributed by atoms with Gasteiger partial charge in [-0.25, -0.2) is 8.78 Å². The van der Waals surface area contributed by atoms with E-state index in [1.807, 2.05) is 0 Å². The Bertz CT molecular complexity index is 478. The van der Waals surface area contributed by atoms with Crippen LogP contribution in [-0.2, 0) is 11.2 Å². The molecule has 1 aromatic rings. The van der Waals surface area contributed by atoms with Crippen molar-refractivity contribution in [3.05, 3.63) is 33.8 Å². The van der Waals surface area contributed by atoms with E-state index in [1.54, 1.807) is 18.2 Å². The minimum absolute atomic E-state index is 0.00823. The highest BCUT2D eigenvalue weighted by atomic mass is 35.5. The maximum atomic E-state index is 13.0. The number of halogens is 4. The molecule has 0 aliphatic heterocycles. The Morgan fingerprint density at radius 3 is 2.42 bits per heavy atom. The fourth-order valence-electron chi connectivity index (χ4n) is 2.36. The molecule has 1 fully saturated rings. The molecular weight excluding hydrogens is 293 g/mol. The van der Waals surface area contributed by atoms with Crippen LogP contribution in [-0.4, -0.2) is 11.7 Å². The van der Waals surface area contributed by atoms with Crippen LogP contribution in [0.4, 0.5) is 8.78 Å². The van der Waals surface area contributed by atoms with E-state index in [4.69, 9.17) is 23.2 Å². The van der Waals surface area contributed by atoms with Crippen molar-refractivity contribution in [2.45, 2.75) is 38.0 Å². The first-order valence-electron chi connectivity index (χ1n) is 6.22. The van der Waals surface area contributed by atoms with Gasteiger partial charge < -0.3 is 0 Å². The number of ketones is 1. The fourth-order valence-corrected chi connectivity index (χ4v) is 2.68. The van der Waals surface area contributed by atoms with Crippen molar-refractivity contribution in [3.8, 4) is 0 Å². The lowest BCUT2D eigenvalue weighted by Gasteiger charge is -2.27. The third-order valence-corrected chi connectivity index (χ3v) is 4.27. The van der Waals surface area contributed by atoms with Crippen molar-refractivity contribution >= 4 is 29.0 Å². The maximum Gasteiger partial charge on any atom is 0.248 e. The van der Waals surface area contributed by atoms with Crippen LogP contribution in [0.5, 0.6) is 0 Å². The van der Waals surface area contributed by atoms with Crippen LogP contribution in [0.25, 0.3) is 0 Å². The van der Waals surface area contributed by atoms with E-state index >= 15 is 0 Å². The first-order valence-corrected chi connectivity index (χ1v) is 6.97. The molecule has 0 heterocycles. The third-order valence-electron chi connectivity index (χ3n) is 3.53. The van der Waals surface area contributed by atoms with E-state index < -0.39 is 5.92 Å². The molecular formula is C14H14Cl2F2O. The fraction of sp³-hybridized carbons (Fsp3) is 0.500. The minimum Gasteiger partial charge on any atom is -0.299 e. The Morgan fingerprint density at radius 1 is 1.21 bits per heavy atom. The molecule has 1 aromatic carbocycles. The molecule has 104 valence electrons. The number of hydrogen-bond donors (Lipinski definition) is 0. The monoisotopic (exact) mass is 306 g/mol. The predicted octanol–water partition coefficient (Wildman–Crippen LogP) is 4.93. The number of alkyl halides is 2. The summed E-state index contributed by atoms with van der Waals surface area (Å²) < 4.78 is 26.0. The van der Waals surface area contributed by atoms with Crippen LogP contribution in [0.2, 0.25) is 10.0 Å². The summed E-state index contributed by atoms with van der Waals surface area (Å²) in [5.41, 5.74) is 0.775. The molecule has 1 saturated carbocycles. The van der Waals surface area contributed by atoms with Gasteiger partial charge in [0, 0.05) is 25.2 Å². The average molecular weight is 307 g/mol. The van der Waals surface area contributed by atoms with Gasteiger partial charge in [-0.05, 0) is 30.5 Å². The van der Waals surface area contributed by atoms with E-state index in [-0.39, 0.29) is 43.8 Å². The summed E-state index contributed by atoms with van der Waals surface area (Å²) in [6.45, 7) is 0. The molecule has 0 bridgehead atoms. The molecule has 0 amide bonds. The molecule has 0 radical (unpaired) electrons. The molecule has 1 aliphatic carbocycles. The summed E-state index contributed by atoms with van der Waals surface area (Å²) in [6, 6.07) is 5.03. The van der Waals surface area contributed by atoms with Crippen molar-refractivity contribution in [3.63, 3.8) is 0 Å². The van der Waals surface area contributed by atoms with E-state index in [9.17, 15) is 13.6 Å². The summed E-state index contributed by atoms with van der Waals surface area (Å²) >= 11 is 11.7. The van der Waals surface area contributed by atoms with Crippen LogP contribution in [0.3, 0.4) is 0 Å². The zero-order chi connectivity index (χ0) is 14.0. The molecule has 1 aliphatic rings.